The molecular weight excluding hydrogens is 384 g/mol. The first kappa shape index (κ1) is 21.5. The van der Waals surface area contributed by atoms with Crippen molar-refractivity contribution in [3.05, 3.63) is 39.9 Å². The second kappa shape index (κ2) is 10.9. The molecule has 0 amide bonds. The van der Waals surface area contributed by atoms with Crippen molar-refractivity contribution in [1.82, 2.24) is 0 Å². The van der Waals surface area contributed by atoms with Crippen LogP contribution in [0.25, 0.3) is 0 Å². The molecule has 0 radical (unpaired) electrons. The Hall–Kier alpha value is -0.807. The number of aliphatic carboxylic acids is 2. The number of benzene rings is 1. The molecule has 106 valence electrons. The van der Waals surface area contributed by atoms with Gasteiger partial charge in [0, 0.05) is 31.6 Å². The molecule has 0 heterocycles. The summed E-state index contributed by atoms with van der Waals surface area (Å²) < 4.78 is 4.86. The molecule has 9 heteroatoms. The quantitative estimate of drug-likeness (QED) is 0.466. The molecule has 0 unspecified atom stereocenters. The number of ether oxygens (including phenoxy) is 1. The van der Waals surface area contributed by atoms with Crippen LogP contribution in [0, 0.1) is 0 Å². The second-order valence-corrected chi connectivity index (χ2v) is 4.14. The number of carboxylic acid groups (broad SMARTS) is 2. The van der Waals surface area contributed by atoms with Crippen molar-refractivity contribution in [3.63, 3.8) is 0 Å². The van der Waals surface area contributed by atoms with Crippen LogP contribution in [0.1, 0.15) is 0 Å². The first-order chi connectivity index (χ1) is 8.77. The predicted molar refractivity (Wildman–Crippen MR) is 72.4 cm³/mol. The molecule has 0 saturated carbocycles. The van der Waals surface area contributed by atoms with Crippen LogP contribution in [0.5, 0.6) is 5.75 Å². The van der Waals surface area contributed by atoms with Crippen LogP contribution >= 0.6 is 34.8 Å². The largest absolute Gasteiger partial charge is 0.480 e. The second-order valence-electron chi connectivity index (χ2n) is 2.92. The van der Waals surface area contributed by atoms with Crippen molar-refractivity contribution in [2.24, 2.45) is 0 Å². The van der Waals surface area contributed by atoms with Crippen molar-refractivity contribution in [2.45, 2.75) is 0 Å². The zero-order valence-corrected chi connectivity index (χ0v) is 15.3. The number of rotatable bonds is 4. The Bertz CT molecular complexity index is 493. The molecule has 20 heavy (non-hydrogen) atoms. The minimum absolute atomic E-state index is 0. The van der Waals surface area contributed by atoms with E-state index in [1.165, 1.54) is 12.1 Å². The third-order valence-electron chi connectivity index (χ3n) is 1.50. The van der Waals surface area contributed by atoms with Gasteiger partial charge in [-0.25, -0.2) is 9.59 Å². The molecular formula is C11H9Cl3O5Zn. The van der Waals surface area contributed by atoms with E-state index in [1.807, 2.05) is 0 Å². The van der Waals surface area contributed by atoms with Crippen LogP contribution in [0.3, 0.4) is 0 Å². The molecule has 2 N–H and O–H groups in total. The number of halogens is 3. The maximum atomic E-state index is 10.2. The van der Waals surface area contributed by atoms with Crippen LogP contribution in [0.2, 0.25) is 15.1 Å². The van der Waals surface area contributed by atoms with Gasteiger partial charge in [0.15, 0.2) is 6.61 Å². The molecule has 0 aliphatic rings. The van der Waals surface area contributed by atoms with E-state index in [-0.39, 0.29) is 35.3 Å². The molecule has 0 aliphatic carbocycles. The molecule has 1 aromatic carbocycles. The Balaban J connectivity index is 0. The Morgan fingerprint density at radius 2 is 1.60 bits per heavy atom. The van der Waals surface area contributed by atoms with Crippen molar-refractivity contribution in [2.75, 3.05) is 6.61 Å². The maximum Gasteiger partial charge on any atom is 0.341 e. The molecule has 1 aromatic rings. The first-order valence-electron chi connectivity index (χ1n) is 4.62. The third-order valence-corrected chi connectivity index (χ3v) is 2.52. The fraction of sp³-hybridized carbons (Fsp3) is 0.0909. The van der Waals surface area contributed by atoms with Crippen LogP contribution in [0.4, 0.5) is 0 Å². The molecule has 0 bridgehead atoms. The van der Waals surface area contributed by atoms with Gasteiger partial charge in [0.25, 0.3) is 0 Å². The number of carbonyl (C=O) groups is 2. The van der Waals surface area contributed by atoms with E-state index in [0.29, 0.717) is 5.02 Å². The van der Waals surface area contributed by atoms with Gasteiger partial charge in [-0.2, -0.15) is 0 Å². The summed E-state index contributed by atoms with van der Waals surface area (Å²) in [5, 5.41) is 16.7. The third kappa shape index (κ3) is 9.15. The summed E-state index contributed by atoms with van der Waals surface area (Å²) in [4.78, 5) is 19.5. The van der Waals surface area contributed by atoms with Crippen LogP contribution < -0.4 is 4.74 Å². The minimum atomic E-state index is -1.09. The Labute approximate surface area is 142 Å². The Morgan fingerprint density at radius 3 is 2.00 bits per heavy atom. The van der Waals surface area contributed by atoms with Crippen molar-refractivity contribution in [1.29, 1.82) is 0 Å². The van der Waals surface area contributed by atoms with Gasteiger partial charge in [-0.3, -0.25) is 0 Å². The van der Waals surface area contributed by atoms with Crippen LogP contribution in [0.15, 0.2) is 24.8 Å². The van der Waals surface area contributed by atoms with Crippen molar-refractivity contribution >= 4 is 46.7 Å². The summed E-state index contributed by atoms with van der Waals surface area (Å²) in [6.07, 6.45) is 0.833. The molecule has 0 aromatic heterocycles. The van der Waals surface area contributed by atoms with Crippen LogP contribution in [-0.2, 0) is 29.1 Å². The molecule has 0 aliphatic heterocycles. The predicted octanol–water partition coefficient (Wildman–Crippen LogP) is 3.36. The average molecular weight is 393 g/mol. The average Bonchev–Trinajstić information content (AvgIpc) is 2.32. The van der Waals surface area contributed by atoms with Gasteiger partial charge in [0.1, 0.15) is 5.75 Å². The van der Waals surface area contributed by atoms with Gasteiger partial charge >= 0.3 is 11.9 Å². The van der Waals surface area contributed by atoms with Gasteiger partial charge in [0.2, 0.25) is 0 Å². The van der Waals surface area contributed by atoms with Crippen molar-refractivity contribution < 1.29 is 44.0 Å². The van der Waals surface area contributed by atoms with Gasteiger partial charge in [-0.05, 0) is 6.07 Å². The maximum absolute atomic E-state index is 10.2. The van der Waals surface area contributed by atoms with Crippen LogP contribution in [-0.4, -0.2) is 28.8 Å². The van der Waals surface area contributed by atoms with E-state index in [9.17, 15) is 9.59 Å². The monoisotopic (exact) mass is 390 g/mol. The molecule has 0 fully saturated rings. The van der Waals surface area contributed by atoms with Gasteiger partial charge in [-0.15, -0.1) is 0 Å². The van der Waals surface area contributed by atoms with E-state index >= 15 is 0 Å². The van der Waals surface area contributed by atoms with Gasteiger partial charge < -0.3 is 14.9 Å². The fourth-order valence-electron chi connectivity index (χ4n) is 0.754. The summed E-state index contributed by atoms with van der Waals surface area (Å²) in [5.41, 5.74) is 0. The Kier molecular flexibility index (Phi) is 11.7. The minimum Gasteiger partial charge on any atom is -0.480 e. The fourth-order valence-corrected chi connectivity index (χ4v) is 1.35. The summed E-state index contributed by atoms with van der Waals surface area (Å²) in [7, 11) is 0. The van der Waals surface area contributed by atoms with E-state index in [4.69, 9.17) is 49.8 Å². The first-order valence-corrected chi connectivity index (χ1v) is 5.75. The summed E-state index contributed by atoms with van der Waals surface area (Å²) in [5.74, 6) is -1.87. The van der Waals surface area contributed by atoms with Gasteiger partial charge in [0.05, 0.1) is 15.1 Å². The summed E-state index contributed by atoms with van der Waals surface area (Å²) in [6, 6.07) is 2.76. The zero-order valence-electron chi connectivity index (χ0n) is 10.1. The zero-order chi connectivity index (χ0) is 15.0. The standard InChI is InChI=1S/C8H5Cl3O3.C3H4O2.Zn/c9-4-1-6(11)7(2-5(4)10)14-3-8(12)13;1-2-3(4)5;/h1-2H,3H2,(H,12,13);2H,1H2,(H,4,5);. The molecule has 5 nitrogen and oxygen atoms in total. The molecule has 0 spiro atoms. The van der Waals surface area contributed by atoms with E-state index in [1.54, 1.807) is 0 Å². The van der Waals surface area contributed by atoms with E-state index in [0.717, 1.165) is 6.08 Å². The van der Waals surface area contributed by atoms with E-state index < -0.39 is 18.5 Å². The normalized spacial score (nSPS) is 8.55. The van der Waals surface area contributed by atoms with Crippen molar-refractivity contribution in [3.8, 4) is 5.75 Å². The summed E-state index contributed by atoms with van der Waals surface area (Å²) >= 11 is 17.1. The number of carboxylic acids is 2. The number of hydrogen-bond acceptors (Lipinski definition) is 3. The summed E-state index contributed by atoms with van der Waals surface area (Å²) in [6.45, 7) is 2.49. The Morgan fingerprint density at radius 1 is 1.15 bits per heavy atom. The topological polar surface area (TPSA) is 83.8 Å². The SMILES string of the molecule is C=CC(=O)O.O=C(O)COc1cc(Cl)c(Cl)cc1Cl.[Zn]. The molecule has 1 rings (SSSR count). The van der Waals surface area contributed by atoms with Gasteiger partial charge in [-0.1, -0.05) is 41.4 Å². The number of hydrogen-bond donors (Lipinski definition) is 2. The molecule has 0 atom stereocenters. The smallest absolute Gasteiger partial charge is 0.341 e. The molecule has 0 saturated heterocycles. The van der Waals surface area contributed by atoms with E-state index in [2.05, 4.69) is 6.58 Å².